The van der Waals surface area contributed by atoms with Gasteiger partial charge < -0.3 is 10.7 Å². The quantitative estimate of drug-likeness (QED) is 0.674. The van der Waals surface area contributed by atoms with Crippen LogP contribution in [-0.4, -0.2) is 4.98 Å². The van der Waals surface area contributed by atoms with Crippen LogP contribution in [0.2, 0.25) is 0 Å². The van der Waals surface area contributed by atoms with Gasteiger partial charge in [0.2, 0.25) is 5.82 Å². The molecule has 1 aromatic rings. The Labute approximate surface area is 65.0 Å². The normalized spacial score (nSPS) is 10.7. The summed E-state index contributed by atoms with van der Waals surface area (Å²) in [5.74, 6) is -1.24. The van der Waals surface area contributed by atoms with Crippen molar-refractivity contribution in [3.63, 3.8) is 0 Å². The second-order valence-electron chi connectivity index (χ2n) is 2.12. The van der Waals surface area contributed by atoms with Gasteiger partial charge in [-0.25, -0.2) is 8.78 Å². The topological polar surface area (TPSA) is 58.9 Å². The molecule has 0 aliphatic carbocycles. The molecule has 0 aliphatic rings. The first-order chi connectivity index (χ1) is 5.52. The number of aromatic nitrogens is 1. The van der Waals surface area contributed by atoms with Crippen molar-refractivity contribution in [1.82, 2.24) is 4.98 Å². The number of pyridine rings is 1. The number of rotatable bonds is 1. The summed E-state index contributed by atoms with van der Waals surface area (Å²) in [4.78, 5) is 12.2. The van der Waals surface area contributed by atoms with Gasteiger partial charge in [0.1, 0.15) is 0 Å². The molecule has 0 saturated heterocycles. The first-order valence-electron chi connectivity index (χ1n) is 2.98. The van der Waals surface area contributed by atoms with E-state index in [1.165, 1.54) is 0 Å². The molecule has 0 atom stereocenters. The van der Waals surface area contributed by atoms with Crippen molar-refractivity contribution < 1.29 is 13.2 Å². The highest BCUT2D eigenvalue weighted by Gasteiger charge is 2.12. The molecule has 1 aromatic heterocycles. The van der Waals surface area contributed by atoms with Crippen LogP contribution < -0.4 is 11.3 Å². The smallest absolute Gasteiger partial charge is 0.286 e. The van der Waals surface area contributed by atoms with E-state index < -0.39 is 29.2 Å². The molecular formula is C6H5F3N2O. The van der Waals surface area contributed by atoms with Crippen molar-refractivity contribution in [2.24, 2.45) is 0 Å². The Balaban J connectivity index is 3.31. The number of H-pyrrole nitrogens is 1. The number of nitrogens with two attached hydrogens (primary N) is 1. The van der Waals surface area contributed by atoms with Crippen molar-refractivity contribution in [3.05, 3.63) is 27.9 Å². The van der Waals surface area contributed by atoms with Gasteiger partial charge in [-0.05, 0) is 6.07 Å². The van der Waals surface area contributed by atoms with E-state index in [4.69, 9.17) is 5.73 Å². The lowest BCUT2D eigenvalue weighted by Crippen LogP contribution is -2.15. The molecule has 0 bridgehead atoms. The second-order valence-corrected chi connectivity index (χ2v) is 2.12. The third kappa shape index (κ3) is 1.41. The lowest BCUT2D eigenvalue weighted by molar-refractivity contribution is 0.145. The van der Waals surface area contributed by atoms with Crippen LogP contribution in [0, 0.1) is 5.82 Å². The maximum atomic E-state index is 12.5. The van der Waals surface area contributed by atoms with E-state index in [-0.39, 0.29) is 0 Å². The molecule has 0 aliphatic heterocycles. The minimum absolute atomic E-state index is 0.575. The Morgan fingerprint density at radius 1 is 1.50 bits per heavy atom. The molecule has 0 radical (unpaired) electrons. The van der Waals surface area contributed by atoms with Crippen molar-refractivity contribution in [1.29, 1.82) is 0 Å². The van der Waals surface area contributed by atoms with Crippen LogP contribution in [0.4, 0.5) is 18.9 Å². The van der Waals surface area contributed by atoms with Gasteiger partial charge in [-0.2, -0.15) is 4.39 Å². The molecule has 66 valence electrons. The van der Waals surface area contributed by atoms with Gasteiger partial charge in [-0.15, -0.1) is 0 Å². The third-order valence-electron chi connectivity index (χ3n) is 1.26. The molecule has 1 rings (SSSR count). The summed E-state index contributed by atoms with van der Waals surface area (Å²) in [6.45, 7) is 0. The number of nitrogens with one attached hydrogen (secondary N) is 1. The third-order valence-corrected chi connectivity index (χ3v) is 1.26. The summed E-state index contributed by atoms with van der Waals surface area (Å²) >= 11 is 0. The molecule has 12 heavy (non-hydrogen) atoms. The minimum Gasteiger partial charge on any atom is -0.396 e. The first-order valence-corrected chi connectivity index (χ1v) is 2.98. The monoisotopic (exact) mass is 178 g/mol. The Morgan fingerprint density at radius 2 is 2.08 bits per heavy atom. The highest BCUT2D eigenvalue weighted by Crippen LogP contribution is 2.17. The Bertz CT molecular complexity index is 347. The van der Waals surface area contributed by atoms with Gasteiger partial charge >= 0.3 is 0 Å². The van der Waals surface area contributed by atoms with E-state index >= 15 is 0 Å². The highest BCUT2D eigenvalue weighted by atomic mass is 19.3. The fourth-order valence-electron chi connectivity index (χ4n) is 0.702. The fraction of sp³-hybridized carbons (Fsp3) is 0.167. The van der Waals surface area contributed by atoms with Crippen LogP contribution in [0.15, 0.2) is 10.9 Å². The highest BCUT2D eigenvalue weighted by molar-refractivity contribution is 5.39. The average Bonchev–Trinajstić information content (AvgIpc) is 1.99. The SMILES string of the molecule is Nc1cc(C(F)F)[nH]c(=O)c1F. The molecule has 0 spiro atoms. The van der Waals surface area contributed by atoms with Crippen LogP contribution in [0.3, 0.4) is 0 Å². The van der Waals surface area contributed by atoms with Crippen molar-refractivity contribution >= 4 is 5.69 Å². The van der Waals surface area contributed by atoms with Crippen LogP contribution >= 0.6 is 0 Å². The molecule has 0 saturated carbocycles. The van der Waals surface area contributed by atoms with E-state index in [0.29, 0.717) is 6.07 Å². The molecular weight excluding hydrogens is 173 g/mol. The number of aromatic amines is 1. The minimum atomic E-state index is -2.86. The molecule has 6 heteroatoms. The summed E-state index contributed by atoms with van der Waals surface area (Å²) in [6.07, 6.45) is -2.86. The lowest BCUT2D eigenvalue weighted by atomic mass is 10.3. The lowest BCUT2D eigenvalue weighted by Gasteiger charge is -2.00. The predicted molar refractivity (Wildman–Crippen MR) is 36.4 cm³/mol. The number of anilines is 1. The summed E-state index contributed by atoms with van der Waals surface area (Å²) in [7, 11) is 0. The number of nitrogen functional groups attached to an aromatic ring is 1. The zero-order chi connectivity index (χ0) is 9.30. The molecule has 0 aromatic carbocycles. The van der Waals surface area contributed by atoms with Gasteiger partial charge in [0.25, 0.3) is 12.0 Å². The second kappa shape index (κ2) is 2.88. The van der Waals surface area contributed by atoms with Gasteiger partial charge in [0, 0.05) is 0 Å². The number of alkyl halides is 2. The van der Waals surface area contributed by atoms with Gasteiger partial charge in [-0.3, -0.25) is 4.79 Å². The predicted octanol–water partition coefficient (Wildman–Crippen LogP) is 1.03. The largest absolute Gasteiger partial charge is 0.396 e. The Morgan fingerprint density at radius 3 is 2.50 bits per heavy atom. The molecule has 1 heterocycles. The number of halogens is 3. The Kier molecular flexibility index (Phi) is 2.07. The zero-order valence-corrected chi connectivity index (χ0v) is 5.77. The average molecular weight is 178 g/mol. The first kappa shape index (κ1) is 8.63. The van der Waals surface area contributed by atoms with Gasteiger partial charge in [0.15, 0.2) is 0 Å². The van der Waals surface area contributed by atoms with E-state index in [1.54, 1.807) is 4.98 Å². The van der Waals surface area contributed by atoms with Crippen LogP contribution in [0.1, 0.15) is 12.1 Å². The molecule has 0 amide bonds. The van der Waals surface area contributed by atoms with Crippen molar-refractivity contribution in [2.45, 2.75) is 6.43 Å². The maximum absolute atomic E-state index is 12.5. The van der Waals surface area contributed by atoms with Gasteiger partial charge in [0.05, 0.1) is 11.4 Å². The van der Waals surface area contributed by atoms with Gasteiger partial charge in [-0.1, -0.05) is 0 Å². The van der Waals surface area contributed by atoms with Crippen molar-refractivity contribution in [3.8, 4) is 0 Å². The summed E-state index contributed by atoms with van der Waals surface area (Å²) in [5, 5.41) is 0. The van der Waals surface area contributed by atoms with E-state index in [2.05, 4.69) is 0 Å². The molecule has 0 fully saturated rings. The van der Waals surface area contributed by atoms with E-state index in [1.807, 2.05) is 0 Å². The van der Waals surface area contributed by atoms with Crippen LogP contribution in [0.25, 0.3) is 0 Å². The van der Waals surface area contributed by atoms with E-state index in [9.17, 15) is 18.0 Å². The fourth-order valence-corrected chi connectivity index (χ4v) is 0.702. The van der Waals surface area contributed by atoms with Crippen LogP contribution in [-0.2, 0) is 0 Å². The Hall–Kier alpha value is -1.46. The molecule has 3 N–H and O–H groups in total. The standard InChI is InChI=1S/C6H5F3N2O/c7-4-2(10)1-3(5(8)9)11-6(4)12/h1,5H,(H3,10,11,12). The zero-order valence-electron chi connectivity index (χ0n) is 5.77. The molecule has 0 unspecified atom stereocenters. The summed E-state index contributed by atoms with van der Waals surface area (Å²) in [6, 6.07) is 0.696. The number of hydrogen-bond donors (Lipinski definition) is 2. The van der Waals surface area contributed by atoms with Crippen molar-refractivity contribution in [2.75, 3.05) is 5.73 Å². The van der Waals surface area contributed by atoms with E-state index in [0.717, 1.165) is 0 Å². The van der Waals surface area contributed by atoms with Crippen LogP contribution in [0.5, 0.6) is 0 Å². The summed E-state index contributed by atoms with van der Waals surface area (Å²) in [5.41, 5.74) is 2.44. The summed E-state index contributed by atoms with van der Waals surface area (Å²) < 4.78 is 36.3. The molecule has 3 nitrogen and oxygen atoms in total. The number of hydrogen-bond acceptors (Lipinski definition) is 2. The maximum Gasteiger partial charge on any atom is 0.286 e.